The summed E-state index contributed by atoms with van der Waals surface area (Å²) in [6.07, 6.45) is 8.36. The highest BCUT2D eigenvalue weighted by atomic mass is 16.3. The van der Waals surface area contributed by atoms with Crippen molar-refractivity contribution in [2.24, 2.45) is 5.73 Å². The molecule has 0 radical (unpaired) electrons. The van der Waals surface area contributed by atoms with Gasteiger partial charge < -0.3 is 10.2 Å². The van der Waals surface area contributed by atoms with Crippen LogP contribution in [0, 0.1) is 0 Å². The molecular weight excluding hydrogens is 152 g/mol. The quantitative estimate of drug-likeness (QED) is 0.685. The number of aromatic nitrogens is 1. The van der Waals surface area contributed by atoms with Crippen LogP contribution < -0.4 is 5.73 Å². The first-order valence-electron chi connectivity index (χ1n) is 4.21. The summed E-state index contributed by atoms with van der Waals surface area (Å²) in [6, 6.07) is 0.323. The van der Waals surface area contributed by atoms with Crippen molar-refractivity contribution in [2.45, 2.75) is 25.3 Å². The predicted molar refractivity (Wildman–Crippen MR) is 46.3 cm³/mol. The Morgan fingerprint density at radius 3 is 3.08 bits per heavy atom. The molecule has 1 heterocycles. The second kappa shape index (κ2) is 3.11. The molecule has 1 atom stereocenters. The molecule has 0 spiro atoms. The summed E-state index contributed by atoms with van der Waals surface area (Å²) in [5, 5.41) is 0. The molecule has 3 nitrogen and oxygen atoms in total. The second-order valence-corrected chi connectivity index (χ2v) is 3.10. The molecular formula is C9H12N2O. The minimum absolute atomic E-state index is 0.323. The number of hydrogen-bond donors (Lipinski definition) is 1. The Morgan fingerprint density at radius 2 is 2.50 bits per heavy atom. The molecule has 0 fully saturated rings. The van der Waals surface area contributed by atoms with Crippen molar-refractivity contribution in [2.75, 3.05) is 0 Å². The molecule has 1 aliphatic carbocycles. The second-order valence-electron chi connectivity index (χ2n) is 3.10. The lowest BCUT2D eigenvalue weighted by Crippen LogP contribution is -2.21. The smallest absolute Gasteiger partial charge is 0.221 e. The lowest BCUT2D eigenvalue weighted by atomic mass is 9.96. The maximum Gasteiger partial charge on any atom is 0.221 e. The highest BCUT2D eigenvalue weighted by Gasteiger charge is 2.13. The number of rotatable bonds is 1. The lowest BCUT2D eigenvalue weighted by Gasteiger charge is -2.15. The fraction of sp³-hybridized carbons (Fsp3) is 0.444. The molecule has 1 aromatic heterocycles. The van der Waals surface area contributed by atoms with Crippen LogP contribution in [-0.2, 0) is 0 Å². The van der Waals surface area contributed by atoms with Crippen LogP contribution >= 0.6 is 0 Å². The fourth-order valence-electron chi connectivity index (χ4n) is 1.43. The fourth-order valence-corrected chi connectivity index (χ4v) is 1.43. The number of nitrogens with zero attached hydrogens (tertiary/aromatic N) is 1. The predicted octanol–water partition coefficient (Wildman–Crippen LogP) is 1.57. The Labute approximate surface area is 71.3 Å². The van der Waals surface area contributed by atoms with Crippen LogP contribution in [0.3, 0.4) is 0 Å². The van der Waals surface area contributed by atoms with Crippen molar-refractivity contribution in [3.63, 3.8) is 0 Å². The summed E-state index contributed by atoms with van der Waals surface area (Å²) < 4.78 is 5.19. The number of oxazole rings is 1. The normalized spacial score (nSPS) is 23.8. The molecule has 0 saturated heterocycles. The molecule has 0 saturated carbocycles. The molecule has 0 aliphatic heterocycles. The zero-order valence-electron chi connectivity index (χ0n) is 6.86. The maximum absolute atomic E-state index is 5.75. The zero-order chi connectivity index (χ0) is 8.39. The Morgan fingerprint density at radius 1 is 1.58 bits per heavy atom. The molecule has 1 aliphatic rings. The Bertz CT molecular complexity index is 277. The van der Waals surface area contributed by atoms with Gasteiger partial charge in [-0.1, -0.05) is 6.08 Å². The number of nitrogens with two attached hydrogens (primary N) is 1. The van der Waals surface area contributed by atoms with Gasteiger partial charge in [-0.15, -0.1) is 0 Å². The van der Waals surface area contributed by atoms with Gasteiger partial charge in [-0.3, -0.25) is 0 Å². The third kappa shape index (κ3) is 1.41. The zero-order valence-corrected chi connectivity index (χ0v) is 6.86. The summed E-state index contributed by atoms with van der Waals surface area (Å²) in [5.74, 6) is 0.752. The van der Waals surface area contributed by atoms with Gasteiger partial charge in [0.05, 0.1) is 6.20 Å². The molecule has 0 bridgehead atoms. The summed E-state index contributed by atoms with van der Waals surface area (Å²) >= 11 is 0. The third-order valence-corrected chi connectivity index (χ3v) is 2.16. The van der Waals surface area contributed by atoms with Gasteiger partial charge in [0.15, 0.2) is 0 Å². The average Bonchev–Trinajstić information content (AvgIpc) is 2.58. The van der Waals surface area contributed by atoms with E-state index in [1.807, 2.05) is 0 Å². The SMILES string of the molecule is NC1CC=C(c2ncco2)CC1. The maximum atomic E-state index is 5.75. The molecule has 64 valence electrons. The highest BCUT2D eigenvalue weighted by molar-refractivity contribution is 5.59. The van der Waals surface area contributed by atoms with Crippen molar-refractivity contribution >= 4 is 5.57 Å². The van der Waals surface area contributed by atoms with Crippen molar-refractivity contribution in [1.29, 1.82) is 0 Å². The van der Waals surface area contributed by atoms with Crippen molar-refractivity contribution in [3.05, 3.63) is 24.4 Å². The van der Waals surface area contributed by atoms with Crippen molar-refractivity contribution < 1.29 is 4.42 Å². The lowest BCUT2D eigenvalue weighted by molar-refractivity contribution is 0.528. The van der Waals surface area contributed by atoms with Crippen LogP contribution in [0.5, 0.6) is 0 Å². The van der Waals surface area contributed by atoms with E-state index in [0.29, 0.717) is 6.04 Å². The molecule has 1 unspecified atom stereocenters. The van der Waals surface area contributed by atoms with Crippen molar-refractivity contribution in [1.82, 2.24) is 4.98 Å². The van der Waals surface area contributed by atoms with E-state index in [4.69, 9.17) is 10.2 Å². The van der Waals surface area contributed by atoms with Gasteiger partial charge in [0, 0.05) is 11.6 Å². The monoisotopic (exact) mass is 164 g/mol. The van der Waals surface area contributed by atoms with Gasteiger partial charge in [-0.05, 0) is 19.3 Å². The van der Waals surface area contributed by atoms with Gasteiger partial charge >= 0.3 is 0 Å². The Kier molecular flexibility index (Phi) is 1.96. The summed E-state index contributed by atoms with van der Waals surface area (Å²) in [5.41, 5.74) is 6.95. The van der Waals surface area contributed by atoms with Crippen LogP contribution in [0.1, 0.15) is 25.2 Å². The van der Waals surface area contributed by atoms with E-state index in [0.717, 1.165) is 25.2 Å². The first-order chi connectivity index (χ1) is 5.86. The highest BCUT2D eigenvalue weighted by Crippen LogP contribution is 2.24. The van der Waals surface area contributed by atoms with Crippen LogP contribution in [0.4, 0.5) is 0 Å². The van der Waals surface area contributed by atoms with Crippen molar-refractivity contribution in [3.8, 4) is 0 Å². The van der Waals surface area contributed by atoms with Crippen LogP contribution in [0.25, 0.3) is 5.57 Å². The molecule has 3 heteroatoms. The standard InChI is InChI=1S/C9H12N2O/c10-8-3-1-7(2-4-8)9-11-5-6-12-9/h1,5-6,8H,2-4,10H2. The Balaban J connectivity index is 2.16. The van der Waals surface area contributed by atoms with E-state index in [1.165, 1.54) is 5.57 Å². The van der Waals surface area contributed by atoms with Crippen LogP contribution in [0.15, 0.2) is 23.0 Å². The molecule has 2 rings (SSSR count). The van der Waals surface area contributed by atoms with Gasteiger partial charge in [-0.2, -0.15) is 0 Å². The first-order valence-corrected chi connectivity index (χ1v) is 4.21. The third-order valence-electron chi connectivity index (χ3n) is 2.16. The average molecular weight is 164 g/mol. The topological polar surface area (TPSA) is 52.0 Å². The van der Waals surface area contributed by atoms with E-state index in [9.17, 15) is 0 Å². The Hall–Kier alpha value is -1.09. The number of allylic oxidation sites excluding steroid dienone is 1. The van der Waals surface area contributed by atoms with E-state index in [1.54, 1.807) is 12.5 Å². The number of hydrogen-bond acceptors (Lipinski definition) is 3. The molecule has 12 heavy (non-hydrogen) atoms. The van der Waals surface area contributed by atoms with Gasteiger partial charge in [0.25, 0.3) is 0 Å². The van der Waals surface area contributed by atoms with E-state index in [-0.39, 0.29) is 0 Å². The first kappa shape index (κ1) is 7.55. The largest absolute Gasteiger partial charge is 0.445 e. The minimum Gasteiger partial charge on any atom is -0.445 e. The molecule has 2 N–H and O–H groups in total. The van der Waals surface area contributed by atoms with Crippen LogP contribution in [0.2, 0.25) is 0 Å². The molecule has 0 amide bonds. The van der Waals surface area contributed by atoms with Gasteiger partial charge in [0.2, 0.25) is 5.89 Å². The summed E-state index contributed by atoms with van der Waals surface area (Å²) in [7, 11) is 0. The van der Waals surface area contributed by atoms with Crippen LogP contribution in [-0.4, -0.2) is 11.0 Å². The van der Waals surface area contributed by atoms with Gasteiger partial charge in [-0.25, -0.2) is 4.98 Å². The van der Waals surface area contributed by atoms with E-state index < -0.39 is 0 Å². The van der Waals surface area contributed by atoms with E-state index >= 15 is 0 Å². The molecule has 0 aromatic carbocycles. The van der Waals surface area contributed by atoms with E-state index in [2.05, 4.69) is 11.1 Å². The molecule has 1 aromatic rings. The summed E-state index contributed by atoms with van der Waals surface area (Å²) in [6.45, 7) is 0. The minimum atomic E-state index is 0.323. The van der Waals surface area contributed by atoms with Gasteiger partial charge in [0.1, 0.15) is 6.26 Å². The summed E-state index contributed by atoms with van der Waals surface area (Å²) in [4.78, 5) is 4.09.